The molecule has 0 aromatic carbocycles. The van der Waals surface area contributed by atoms with Crippen LogP contribution in [0.25, 0.3) is 12.2 Å². The highest BCUT2D eigenvalue weighted by atomic mass is 79.9. The van der Waals surface area contributed by atoms with Gasteiger partial charge in [0.1, 0.15) is 9.21 Å². The highest BCUT2D eigenvalue weighted by Crippen LogP contribution is 2.19. The molecule has 2 aromatic heterocycles. The van der Waals surface area contributed by atoms with E-state index in [1.54, 1.807) is 12.4 Å². The van der Waals surface area contributed by atoms with Crippen molar-refractivity contribution in [2.75, 3.05) is 0 Å². The molecule has 0 saturated heterocycles. The molecule has 0 spiro atoms. The van der Waals surface area contributed by atoms with E-state index in [0.717, 1.165) is 20.3 Å². The summed E-state index contributed by atoms with van der Waals surface area (Å²) in [5.74, 6) is 0. The maximum atomic E-state index is 4.15. The van der Waals surface area contributed by atoms with Gasteiger partial charge in [0.15, 0.2) is 0 Å². The van der Waals surface area contributed by atoms with Gasteiger partial charge in [0.25, 0.3) is 0 Å². The third kappa shape index (κ3) is 2.77. The number of pyridine rings is 2. The fourth-order valence-corrected chi connectivity index (χ4v) is 1.99. The summed E-state index contributed by atoms with van der Waals surface area (Å²) in [5.41, 5.74) is 2.08. The van der Waals surface area contributed by atoms with Crippen molar-refractivity contribution in [2.24, 2.45) is 0 Å². The van der Waals surface area contributed by atoms with Crippen molar-refractivity contribution in [2.45, 2.75) is 0 Å². The molecule has 4 heteroatoms. The molecule has 0 N–H and O–H groups in total. The fourth-order valence-electron chi connectivity index (χ4n) is 1.23. The number of halogens is 2. The van der Waals surface area contributed by atoms with Crippen molar-refractivity contribution < 1.29 is 0 Å². The van der Waals surface area contributed by atoms with Crippen LogP contribution < -0.4 is 0 Å². The van der Waals surface area contributed by atoms with E-state index in [4.69, 9.17) is 0 Å². The molecule has 2 nitrogen and oxygen atoms in total. The summed E-state index contributed by atoms with van der Waals surface area (Å²) < 4.78 is 1.68. The molecule has 0 aliphatic carbocycles. The summed E-state index contributed by atoms with van der Waals surface area (Å²) in [7, 11) is 0. The average Bonchev–Trinajstić information content (AvgIpc) is 2.30. The van der Waals surface area contributed by atoms with E-state index in [9.17, 15) is 0 Å². The van der Waals surface area contributed by atoms with Gasteiger partial charge in [0.05, 0.1) is 0 Å². The van der Waals surface area contributed by atoms with Crippen molar-refractivity contribution in [1.29, 1.82) is 0 Å². The van der Waals surface area contributed by atoms with Crippen molar-refractivity contribution in [3.05, 3.63) is 57.0 Å². The number of aromatic nitrogens is 2. The molecular weight excluding hydrogens is 332 g/mol. The van der Waals surface area contributed by atoms with E-state index < -0.39 is 0 Å². The summed E-state index contributed by atoms with van der Waals surface area (Å²) in [6, 6.07) is 7.81. The van der Waals surface area contributed by atoms with E-state index in [1.807, 2.05) is 36.4 Å². The van der Waals surface area contributed by atoms with Crippen LogP contribution in [-0.2, 0) is 0 Å². The van der Waals surface area contributed by atoms with E-state index in [0.29, 0.717) is 0 Å². The van der Waals surface area contributed by atoms with Gasteiger partial charge in [-0.1, -0.05) is 24.3 Å². The monoisotopic (exact) mass is 338 g/mol. The minimum absolute atomic E-state index is 0.839. The number of hydrogen-bond acceptors (Lipinski definition) is 2. The maximum Gasteiger partial charge on any atom is 0.113 e. The molecule has 0 radical (unpaired) electrons. The molecule has 0 fully saturated rings. The lowest BCUT2D eigenvalue weighted by molar-refractivity contribution is 1.26. The van der Waals surface area contributed by atoms with E-state index in [-0.39, 0.29) is 0 Å². The Bertz CT molecular complexity index is 476. The van der Waals surface area contributed by atoms with Gasteiger partial charge in [0, 0.05) is 23.5 Å². The predicted molar refractivity (Wildman–Crippen MR) is 72.8 cm³/mol. The highest BCUT2D eigenvalue weighted by Gasteiger charge is 1.97. The zero-order valence-corrected chi connectivity index (χ0v) is 11.4. The number of hydrogen-bond donors (Lipinski definition) is 0. The van der Waals surface area contributed by atoms with Gasteiger partial charge in [-0.25, -0.2) is 9.97 Å². The Morgan fingerprint density at radius 1 is 0.812 bits per heavy atom. The minimum atomic E-state index is 0.839. The molecule has 16 heavy (non-hydrogen) atoms. The molecule has 2 aromatic rings. The summed E-state index contributed by atoms with van der Waals surface area (Å²) >= 11 is 6.80. The van der Waals surface area contributed by atoms with Gasteiger partial charge in [-0.15, -0.1) is 0 Å². The first-order valence-corrected chi connectivity index (χ1v) is 6.25. The van der Waals surface area contributed by atoms with Gasteiger partial charge in [-0.05, 0) is 44.0 Å². The Hall–Kier alpha value is -1.00. The Kier molecular flexibility index (Phi) is 3.85. The summed E-state index contributed by atoms with van der Waals surface area (Å²) in [6.45, 7) is 0. The Labute approximate surface area is 111 Å². The Balaban J connectivity index is 2.29. The second-order valence-electron chi connectivity index (χ2n) is 3.10. The van der Waals surface area contributed by atoms with Crippen LogP contribution in [0.1, 0.15) is 11.1 Å². The number of nitrogens with zero attached hydrogens (tertiary/aromatic N) is 2. The standard InChI is InChI=1S/C12H8Br2N2/c13-11-9(3-1-7-15-11)5-6-10-4-2-8-16-12(10)14/h1-8H/b6-5-. The van der Waals surface area contributed by atoms with Gasteiger partial charge >= 0.3 is 0 Å². The van der Waals surface area contributed by atoms with Crippen LogP contribution in [0, 0.1) is 0 Å². The third-order valence-electron chi connectivity index (χ3n) is 2.02. The predicted octanol–water partition coefficient (Wildman–Crippen LogP) is 4.17. The molecule has 2 heterocycles. The van der Waals surface area contributed by atoms with E-state index in [2.05, 4.69) is 41.8 Å². The third-order valence-corrected chi connectivity index (χ3v) is 3.34. The van der Waals surface area contributed by atoms with Crippen LogP contribution in [0.5, 0.6) is 0 Å². The number of rotatable bonds is 2. The summed E-state index contributed by atoms with van der Waals surface area (Å²) in [4.78, 5) is 8.30. The molecule has 2 rings (SSSR count). The van der Waals surface area contributed by atoms with Crippen molar-refractivity contribution in [1.82, 2.24) is 9.97 Å². The molecule has 0 saturated carbocycles. The molecule has 0 bridgehead atoms. The summed E-state index contributed by atoms with van der Waals surface area (Å²) in [5, 5.41) is 0. The normalized spacial score (nSPS) is 10.9. The molecule has 0 atom stereocenters. The first-order valence-electron chi connectivity index (χ1n) is 4.66. The first-order chi connectivity index (χ1) is 7.77. The minimum Gasteiger partial charge on any atom is -0.249 e. The molecular formula is C12H8Br2N2. The van der Waals surface area contributed by atoms with Crippen LogP contribution in [-0.4, -0.2) is 9.97 Å². The van der Waals surface area contributed by atoms with Gasteiger partial charge in [-0.2, -0.15) is 0 Å². The Morgan fingerprint density at radius 3 is 1.62 bits per heavy atom. The van der Waals surface area contributed by atoms with Gasteiger partial charge in [-0.3, -0.25) is 0 Å². The molecule has 0 aliphatic rings. The molecule has 80 valence electrons. The summed E-state index contributed by atoms with van der Waals surface area (Å²) in [6.07, 6.45) is 7.50. The average molecular weight is 340 g/mol. The highest BCUT2D eigenvalue weighted by molar-refractivity contribution is 9.10. The fraction of sp³-hybridized carbons (Fsp3) is 0. The van der Waals surface area contributed by atoms with Crippen LogP contribution in [0.3, 0.4) is 0 Å². The zero-order chi connectivity index (χ0) is 11.4. The second-order valence-corrected chi connectivity index (χ2v) is 4.60. The molecule has 0 unspecified atom stereocenters. The van der Waals surface area contributed by atoms with E-state index in [1.165, 1.54) is 0 Å². The Morgan fingerprint density at radius 2 is 1.25 bits per heavy atom. The van der Waals surface area contributed by atoms with Gasteiger partial charge < -0.3 is 0 Å². The van der Waals surface area contributed by atoms with Crippen LogP contribution in [0.15, 0.2) is 45.9 Å². The first kappa shape index (κ1) is 11.5. The topological polar surface area (TPSA) is 25.8 Å². The quantitative estimate of drug-likeness (QED) is 0.767. The van der Waals surface area contributed by atoms with Crippen LogP contribution >= 0.6 is 31.9 Å². The lowest BCUT2D eigenvalue weighted by Gasteiger charge is -1.98. The maximum absolute atomic E-state index is 4.15. The van der Waals surface area contributed by atoms with Crippen molar-refractivity contribution in [3.63, 3.8) is 0 Å². The lowest BCUT2D eigenvalue weighted by atomic mass is 10.2. The molecule has 0 amide bonds. The largest absolute Gasteiger partial charge is 0.249 e. The second kappa shape index (κ2) is 5.37. The lowest BCUT2D eigenvalue weighted by Crippen LogP contribution is -1.81. The zero-order valence-electron chi connectivity index (χ0n) is 8.27. The van der Waals surface area contributed by atoms with Gasteiger partial charge in [0.2, 0.25) is 0 Å². The van der Waals surface area contributed by atoms with Crippen molar-refractivity contribution in [3.8, 4) is 0 Å². The van der Waals surface area contributed by atoms with Crippen LogP contribution in [0.4, 0.5) is 0 Å². The van der Waals surface area contributed by atoms with Crippen molar-refractivity contribution >= 4 is 44.0 Å². The van der Waals surface area contributed by atoms with Crippen LogP contribution in [0.2, 0.25) is 0 Å². The SMILES string of the molecule is Brc1ncccc1/C=C\c1cccnc1Br. The molecule has 0 aliphatic heterocycles. The van der Waals surface area contributed by atoms with E-state index >= 15 is 0 Å². The smallest absolute Gasteiger partial charge is 0.113 e.